The van der Waals surface area contributed by atoms with Gasteiger partial charge in [-0.1, -0.05) is 48.5 Å². The second-order valence-corrected chi connectivity index (χ2v) is 15.5. The van der Waals surface area contributed by atoms with Crippen LogP contribution in [0.2, 0.25) is 0 Å². The maximum atomic E-state index is 14.1. The van der Waals surface area contributed by atoms with Gasteiger partial charge in [0.25, 0.3) is 15.9 Å². The molecule has 2 saturated heterocycles. The fourth-order valence-electron chi connectivity index (χ4n) is 6.73. The fourth-order valence-corrected chi connectivity index (χ4v) is 9.74. The van der Waals surface area contributed by atoms with Crippen LogP contribution in [0, 0.1) is 0 Å². The van der Waals surface area contributed by atoms with Gasteiger partial charge in [0.05, 0.1) is 6.61 Å². The highest BCUT2D eigenvalue weighted by Crippen LogP contribution is 2.44. The van der Waals surface area contributed by atoms with Gasteiger partial charge < -0.3 is 19.1 Å². The first kappa shape index (κ1) is 34.2. The molecule has 1 aromatic heterocycles. The Hall–Kier alpha value is -4.27. The molecule has 0 saturated carbocycles. The number of amides is 2. The van der Waals surface area contributed by atoms with Gasteiger partial charge in [0.2, 0.25) is 0 Å². The minimum atomic E-state index is -4.14. The summed E-state index contributed by atoms with van der Waals surface area (Å²) in [6, 6.07) is 25.6. The van der Waals surface area contributed by atoms with Crippen LogP contribution in [-0.4, -0.2) is 81.4 Å². The van der Waals surface area contributed by atoms with Crippen molar-refractivity contribution in [3.8, 4) is 27.3 Å². The molecular formula is C37H39N3O8S2. The van der Waals surface area contributed by atoms with Crippen LogP contribution in [0.25, 0.3) is 21.6 Å². The molecule has 3 heterocycles. The Kier molecular flexibility index (Phi) is 10.2. The number of ether oxygens (including phenoxy) is 3. The lowest BCUT2D eigenvalue weighted by atomic mass is 9.98. The van der Waals surface area contributed by atoms with E-state index in [-0.39, 0.29) is 36.4 Å². The molecule has 2 atom stereocenters. The number of sulfonamides is 1. The summed E-state index contributed by atoms with van der Waals surface area (Å²) >= 11 is 1.12. The summed E-state index contributed by atoms with van der Waals surface area (Å²) in [6.45, 7) is 2.79. The highest BCUT2D eigenvalue weighted by molar-refractivity contribution is 7.91. The predicted molar refractivity (Wildman–Crippen MR) is 188 cm³/mol. The molecule has 7 rings (SSSR count). The number of carbonyl (C=O) groups is 2. The van der Waals surface area contributed by atoms with Crippen LogP contribution in [0.4, 0.5) is 4.79 Å². The molecule has 1 aliphatic carbocycles. The van der Waals surface area contributed by atoms with E-state index in [2.05, 4.69) is 17.6 Å². The van der Waals surface area contributed by atoms with Crippen molar-refractivity contribution in [1.82, 2.24) is 14.7 Å². The van der Waals surface area contributed by atoms with Gasteiger partial charge >= 0.3 is 6.09 Å². The van der Waals surface area contributed by atoms with E-state index in [9.17, 15) is 18.0 Å². The Labute approximate surface area is 295 Å². The Balaban J connectivity index is 1.08. The largest absolute Gasteiger partial charge is 0.494 e. The van der Waals surface area contributed by atoms with Crippen molar-refractivity contribution >= 4 is 33.4 Å². The molecule has 50 heavy (non-hydrogen) atoms. The Morgan fingerprint density at radius 2 is 1.64 bits per heavy atom. The number of thiophene rings is 1. The highest BCUT2D eigenvalue weighted by Gasteiger charge is 2.43. The molecule has 1 unspecified atom stereocenters. The molecule has 11 nitrogen and oxygen atoms in total. The number of fused-ring (bicyclic) bond motifs is 3. The second-order valence-electron chi connectivity index (χ2n) is 12.3. The summed E-state index contributed by atoms with van der Waals surface area (Å²) in [5.41, 5.74) is 7.65. The number of hydrogen-bond donors (Lipinski definition) is 1. The Morgan fingerprint density at radius 3 is 2.32 bits per heavy atom. The predicted octanol–water partition coefficient (Wildman–Crippen LogP) is 6.01. The van der Waals surface area contributed by atoms with Crippen molar-refractivity contribution in [2.24, 2.45) is 0 Å². The van der Waals surface area contributed by atoms with Gasteiger partial charge in [-0.2, -0.15) is 4.31 Å². The highest BCUT2D eigenvalue weighted by atomic mass is 32.2. The first-order chi connectivity index (χ1) is 24.3. The van der Waals surface area contributed by atoms with Gasteiger partial charge in [-0.15, -0.1) is 11.3 Å². The quantitative estimate of drug-likeness (QED) is 0.198. The smallest absolute Gasteiger partial charge is 0.409 e. The summed E-state index contributed by atoms with van der Waals surface area (Å²) in [7, 11) is -4.14. The number of benzene rings is 3. The third-order valence-electron chi connectivity index (χ3n) is 9.25. The molecule has 2 amide bonds. The van der Waals surface area contributed by atoms with Gasteiger partial charge in [-0.25, -0.2) is 23.5 Å². The molecule has 1 N–H and O–H groups in total. The molecular weight excluding hydrogens is 679 g/mol. The SMILES string of the molecule is CCOc1ccc(-c2ccc(S(=O)(=O)N3CCN(C(=O)OCC4c5ccccc5-c5ccccc54)C[C@@H]3C(=O)NOC3CCCCO3)s2)cc1. The number of nitrogens with zero attached hydrogens (tertiary/aromatic N) is 2. The van der Waals surface area contributed by atoms with Gasteiger partial charge in [0.15, 0.2) is 6.29 Å². The van der Waals surface area contributed by atoms with Crippen LogP contribution < -0.4 is 10.2 Å². The van der Waals surface area contributed by atoms with Crippen molar-refractivity contribution in [3.63, 3.8) is 0 Å². The van der Waals surface area contributed by atoms with Crippen LogP contribution in [0.15, 0.2) is 89.1 Å². The molecule has 2 fully saturated rings. The van der Waals surface area contributed by atoms with Crippen molar-refractivity contribution in [3.05, 3.63) is 96.1 Å². The van der Waals surface area contributed by atoms with Crippen molar-refractivity contribution in [2.45, 2.75) is 48.6 Å². The van der Waals surface area contributed by atoms with Crippen molar-refractivity contribution in [1.29, 1.82) is 0 Å². The average molecular weight is 718 g/mol. The minimum absolute atomic E-state index is 0.0450. The van der Waals surface area contributed by atoms with Crippen LogP contribution in [0.3, 0.4) is 0 Å². The molecule has 3 aliphatic rings. The van der Waals surface area contributed by atoms with E-state index in [1.807, 2.05) is 67.6 Å². The van der Waals surface area contributed by atoms with Crippen LogP contribution in [-0.2, 0) is 29.1 Å². The van der Waals surface area contributed by atoms with Gasteiger partial charge in [-0.3, -0.25) is 4.79 Å². The molecule has 13 heteroatoms. The monoisotopic (exact) mass is 717 g/mol. The first-order valence-corrected chi connectivity index (χ1v) is 19.1. The Morgan fingerprint density at radius 1 is 0.920 bits per heavy atom. The normalized spacial score (nSPS) is 19.4. The van der Waals surface area contributed by atoms with E-state index >= 15 is 0 Å². The van der Waals surface area contributed by atoms with Crippen LogP contribution in [0.1, 0.15) is 43.2 Å². The third-order valence-corrected chi connectivity index (χ3v) is 12.8. The maximum Gasteiger partial charge on any atom is 0.409 e. The van der Waals surface area contributed by atoms with Gasteiger partial charge in [0, 0.05) is 43.5 Å². The molecule has 0 radical (unpaired) electrons. The average Bonchev–Trinajstić information content (AvgIpc) is 3.78. The zero-order chi connectivity index (χ0) is 34.7. The zero-order valence-corrected chi connectivity index (χ0v) is 29.3. The number of piperazine rings is 1. The van der Waals surface area contributed by atoms with Crippen LogP contribution in [0.5, 0.6) is 5.75 Å². The molecule has 2 aliphatic heterocycles. The first-order valence-electron chi connectivity index (χ1n) is 16.9. The van der Waals surface area contributed by atoms with E-state index in [4.69, 9.17) is 19.0 Å². The summed E-state index contributed by atoms with van der Waals surface area (Å²) in [6.07, 6.45) is 1.13. The summed E-state index contributed by atoms with van der Waals surface area (Å²) < 4.78 is 46.5. The number of nitrogens with one attached hydrogen (secondary N) is 1. The molecule has 0 spiro atoms. The minimum Gasteiger partial charge on any atom is -0.494 e. The number of hydroxylamine groups is 1. The standard InChI is InChI=1S/C37H39N3O8S2/c1-2-45-26-16-14-25(15-17-26)33-18-19-35(49-33)50(43,44)40-21-20-39(23-32(40)36(41)38-48-34-13-7-8-22-46-34)37(42)47-24-31-29-11-5-3-9-27(29)28-10-4-6-12-30(28)31/h3-6,9-12,14-19,31-32,34H,2,7-8,13,20-24H2,1H3,(H,38,41)/t32-,34?/m1/s1. The second kappa shape index (κ2) is 14.9. The van der Waals surface area contributed by atoms with E-state index < -0.39 is 34.4 Å². The zero-order valence-electron chi connectivity index (χ0n) is 27.7. The molecule has 3 aromatic carbocycles. The maximum absolute atomic E-state index is 14.1. The van der Waals surface area contributed by atoms with Gasteiger partial charge in [0.1, 0.15) is 22.6 Å². The lowest BCUT2D eigenvalue weighted by Gasteiger charge is -2.38. The number of rotatable bonds is 10. The summed E-state index contributed by atoms with van der Waals surface area (Å²) in [5.74, 6) is -0.105. The number of hydrogen-bond acceptors (Lipinski definition) is 9. The number of carbonyl (C=O) groups excluding carboxylic acids is 2. The lowest BCUT2D eigenvalue weighted by molar-refractivity contribution is -0.202. The topological polar surface area (TPSA) is 124 Å². The fraction of sp³-hybridized carbons (Fsp3) is 0.351. The van der Waals surface area contributed by atoms with Gasteiger partial charge in [-0.05, 0) is 84.0 Å². The molecule has 262 valence electrons. The van der Waals surface area contributed by atoms with E-state index in [1.165, 1.54) is 4.90 Å². The van der Waals surface area contributed by atoms with Crippen molar-refractivity contribution < 1.29 is 37.1 Å². The molecule has 0 bridgehead atoms. The van der Waals surface area contributed by atoms with E-state index in [0.717, 1.165) is 66.9 Å². The van der Waals surface area contributed by atoms with Crippen LogP contribution >= 0.6 is 11.3 Å². The summed E-state index contributed by atoms with van der Waals surface area (Å²) in [4.78, 5) is 34.9. The summed E-state index contributed by atoms with van der Waals surface area (Å²) in [5, 5.41) is 0. The van der Waals surface area contributed by atoms with E-state index in [1.54, 1.807) is 12.1 Å². The molecule has 4 aromatic rings. The van der Waals surface area contributed by atoms with E-state index in [0.29, 0.717) is 19.6 Å². The lowest BCUT2D eigenvalue weighted by Crippen LogP contribution is -2.61. The third kappa shape index (κ3) is 7.01. The van der Waals surface area contributed by atoms with Crippen molar-refractivity contribution in [2.75, 3.05) is 39.5 Å². The Bertz CT molecular complexity index is 1900.